The van der Waals surface area contributed by atoms with E-state index in [4.69, 9.17) is 17.3 Å². The van der Waals surface area contributed by atoms with Crippen LogP contribution in [0.1, 0.15) is 36.1 Å². The lowest BCUT2D eigenvalue weighted by molar-refractivity contribution is -0.143. The summed E-state index contributed by atoms with van der Waals surface area (Å²) in [5.74, 6) is -0.650. The Bertz CT molecular complexity index is 1050. The highest BCUT2D eigenvalue weighted by Gasteiger charge is 2.36. The van der Waals surface area contributed by atoms with Gasteiger partial charge in [0.15, 0.2) is 0 Å². The fraction of sp³-hybridized carbons (Fsp3) is 0.348. The van der Waals surface area contributed by atoms with E-state index in [0.717, 1.165) is 0 Å². The van der Waals surface area contributed by atoms with Crippen LogP contribution in [0.3, 0.4) is 0 Å². The molecule has 0 aliphatic carbocycles. The largest absolute Gasteiger partial charge is 0.416 e. The van der Waals surface area contributed by atoms with Gasteiger partial charge in [0.05, 0.1) is 11.1 Å². The highest BCUT2D eigenvalue weighted by Crippen LogP contribution is 2.36. The van der Waals surface area contributed by atoms with E-state index in [1.807, 2.05) is 0 Å². The summed E-state index contributed by atoms with van der Waals surface area (Å²) in [5.41, 5.74) is 3.24. The number of nitrogens with two attached hydrogens (primary N) is 1. The molecule has 0 aromatic heterocycles. The highest BCUT2D eigenvalue weighted by molar-refractivity contribution is 6.31. The van der Waals surface area contributed by atoms with E-state index in [0.29, 0.717) is 22.7 Å². The number of carbonyl (C=O) groups is 1. The molecule has 0 aliphatic heterocycles. The third-order valence-corrected chi connectivity index (χ3v) is 5.13. The number of halogens is 7. The third kappa shape index (κ3) is 7.98. The highest BCUT2D eigenvalue weighted by atomic mass is 35.5. The Morgan fingerprint density at radius 1 is 1.03 bits per heavy atom. The topological polar surface area (TPSA) is 70.4 Å². The van der Waals surface area contributed by atoms with Crippen LogP contribution in [-0.4, -0.2) is 23.9 Å². The summed E-state index contributed by atoms with van der Waals surface area (Å²) in [7, 11) is 1.48. The van der Waals surface area contributed by atoms with Gasteiger partial charge in [0, 0.05) is 31.2 Å². The van der Waals surface area contributed by atoms with Gasteiger partial charge in [-0.3, -0.25) is 4.79 Å². The Morgan fingerprint density at radius 2 is 1.57 bits per heavy atom. The second kappa shape index (κ2) is 11.1. The molecule has 0 spiro atoms. The first kappa shape index (κ1) is 28.2. The van der Waals surface area contributed by atoms with Gasteiger partial charge in [-0.1, -0.05) is 29.8 Å². The van der Waals surface area contributed by atoms with Crippen LogP contribution in [0.4, 0.5) is 26.3 Å². The quantitative estimate of drug-likeness (QED) is 0.327. The number of amides is 1. The number of likely N-dealkylation sites (N-methyl/N-ethyl adjacent to an activating group) is 1. The van der Waals surface area contributed by atoms with Gasteiger partial charge in [0.1, 0.15) is 11.5 Å². The molecule has 0 bridgehead atoms. The Hall–Kier alpha value is -3.08. The van der Waals surface area contributed by atoms with Gasteiger partial charge in [-0.2, -0.15) is 26.3 Å². The molecule has 5 nitrogen and oxygen atoms in total. The number of rotatable bonds is 8. The maximum absolute atomic E-state index is 13.1. The Morgan fingerprint density at radius 3 is 2.06 bits per heavy atom. The molecule has 1 amide bonds. The minimum absolute atomic E-state index is 0.0259. The number of alkyl halides is 6. The summed E-state index contributed by atoms with van der Waals surface area (Å²) >= 11 is 6.13. The van der Waals surface area contributed by atoms with E-state index in [1.165, 1.54) is 11.9 Å². The monoisotopic (exact) mass is 522 g/mol. The first-order valence-corrected chi connectivity index (χ1v) is 10.7. The molecule has 0 fully saturated rings. The summed E-state index contributed by atoms with van der Waals surface area (Å²) in [6.45, 7) is 3.11. The number of hydrogen-bond donors (Lipinski definition) is 3. The molecule has 192 valence electrons. The Kier molecular flexibility index (Phi) is 8.94. The van der Waals surface area contributed by atoms with Crippen molar-refractivity contribution in [2.75, 3.05) is 7.05 Å². The average Bonchev–Trinajstić information content (AvgIpc) is 2.75. The molecular formula is C23H25ClF6N4O. The minimum atomic E-state index is -4.97. The number of nitrogens with zero attached hydrogens (tertiary/aromatic N) is 1. The van der Waals surface area contributed by atoms with Gasteiger partial charge in [0.2, 0.25) is 0 Å². The molecule has 2 rings (SSSR count). The van der Waals surface area contributed by atoms with E-state index in [1.54, 1.807) is 38.1 Å². The van der Waals surface area contributed by atoms with Crippen LogP contribution >= 0.6 is 11.6 Å². The van der Waals surface area contributed by atoms with E-state index >= 15 is 0 Å². The molecule has 2 aromatic rings. The molecule has 0 radical (unpaired) electrons. The van der Waals surface area contributed by atoms with Crippen LogP contribution < -0.4 is 16.4 Å². The lowest BCUT2D eigenvalue weighted by Gasteiger charge is -2.23. The predicted octanol–water partition coefficient (Wildman–Crippen LogP) is 5.25. The number of benzene rings is 2. The lowest BCUT2D eigenvalue weighted by atomic mass is 10.0. The summed E-state index contributed by atoms with van der Waals surface area (Å²) in [5, 5.41) is 5.99. The van der Waals surface area contributed by atoms with Crippen molar-refractivity contribution in [1.29, 1.82) is 0 Å². The van der Waals surface area contributed by atoms with Crippen molar-refractivity contribution >= 4 is 17.5 Å². The van der Waals surface area contributed by atoms with Crippen LogP contribution in [0.2, 0.25) is 5.02 Å². The van der Waals surface area contributed by atoms with Crippen LogP contribution in [0.5, 0.6) is 0 Å². The van der Waals surface area contributed by atoms with Crippen molar-refractivity contribution in [1.82, 2.24) is 15.5 Å². The summed E-state index contributed by atoms with van der Waals surface area (Å²) in [6, 6.07) is 7.87. The summed E-state index contributed by atoms with van der Waals surface area (Å²) in [4.78, 5) is 14.2. The molecule has 0 aliphatic rings. The van der Waals surface area contributed by atoms with E-state index in [-0.39, 0.29) is 35.7 Å². The van der Waals surface area contributed by atoms with Crippen molar-refractivity contribution in [3.8, 4) is 0 Å². The zero-order valence-electron chi connectivity index (χ0n) is 19.1. The van der Waals surface area contributed by atoms with Crippen molar-refractivity contribution in [3.05, 3.63) is 81.3 Å². The number of carbonyl (C=O) groups excluding carboxylic acids is 1. The van der Waals surface area contributed by atoms with Crippen molar-refractivity contribution in [2.24, 2.45) is 5.73 Å². The van der Waals surface area contributed by atoms with Crippen LogP contribution in [0.15, 0.2) is 54.0 Å². The van der Waals surface area contributed by atoms with Gasteiger partial charge in [-0.15, -0.1) is 0 Å². The smallest absolute Gasteiger partial charge is 0.391 e. The van der Waals surface area contributed by atoms with E-state index in [2.05, 4.69) is 10.6 Å². The second-order valence-electron chi connectivity index (χ2n) is 8.11. The SMILES string of the molecule is CC(C)N/C(NCc1cc(C(F)(F)F)cc(C(F)(F)F)c1)=C(/N)C(=O)N(C)Cc1ccccc1Cl. The number of nitrogens with one attached hydrogen (secondary N) is 2. The zero-order valence-corrected chi connectivity index (χ0v) is 19.9. The molecule has 35 heavy (non-hydrogen) atoms. The molecular weight excluding hydrogens is 498 g/mol. The van der Waals surface area contributed by atoms with E-state index < -0.39 is 35.9 Å². The van der Waals surface area contributed by atoms with Gasteiger partial charge < -0.3 is 21.3 Å². The Labute approximate surface area is 203 Å². The maximum Gasteiger partial charge on any atom is 0.416 e. The fourth-order valence-corrected chi connectivity index (χ4v) is 3.29. The summed E-state index contributed by atoms with van der Waals surface area (Å²) < 4.78 is 78.9. The minimum Gasteiger partial charge on any atom is -0.391 e. The van der Waals surface area contributed by atoms with Crippen LogP contribution in [0, 0.1) is 0 Å². The zero-order chi connectivity index (χ0) is 26.6. The first-order valence-electron chi connectivity index (χ1n) is 10.4. The van der Waals surface area contributed by atoms with Crippen LogP contribution in [-0.2, 0) is 30.2 Å². The molecule has 0 unspecified atom stereocenters. The van der Waals surface area contributed by atoms with Crippen molar-refractivity contribution in [2.45, 2.75) is 45.3 Å². The lowest BCUT2D eigenvalue weighted by Crippen LogP contribution is -2.39. The van der Waals surface area contributed by atoms with Gasteiger partial charge in [-0.05, 0) is 49.2 Å². The van der Waals surface area contributed by atoms with Gasteiger partial charge in [0.25, 0.3) is 5.91 Å². The van der Waals surface area contributed by atoms with Gasteiger partial charge >= 0.3 is 12.4 Å². The van der Waals surface area contributed by atoms with E-state index in [9.17, 15) is 31.1 Å². The molecule has 4 N–H and O–H groups in total. The standard InChI is InChI=1S/C23H25ClF6N4O/c1-13(2)33-20(19(31)21(35)34(3)12-15-6-4-5-7-18(15)24)32-11-14-8-16(22(25,26)27)10-17(9-14)23(28,29)30/h4-10,13,32-33H,11-12,31H2,1-3H3/b20-19+. The molecule has 12 heteroatoms. The fourth-order valence-electron chi connectivity index (χ4n) is 3.09. The third-order valence-electron chi connectivity index (χ3n) is 4.76. The Balaban J connectivity index is 2.32. The predicted molar refractivity (Wildman–Crippen MR) is 121 cm³/mol. The van der Waals surface area contributed by atoms with Gasteiger partial charge in [-0.25, -0.2) is 0 Å². The van der Waals surface area contributed by atoms with Crippen molar-refractivity contribution < 1.29 is 31.1 Å². The molecule has 2 aromatic carbocycles. The first-order chi connectivity index (χ1) is 16.1. The second-order valence-corrected chi connectivity index (χ2v) is 8.52. The van der Waals surface area contributed by atoms with Crippen molar-refractivity contribution in [3.63, 3.8) is 0 Å². The molecule has 0 saturated heterocycles. The summed E-state index contributed by atoms with van der Waals surface area (Å²) in [6.07, 6.45) is -9.94. The number of hydrogen-bond acceptors (Lipinski definition) is 4. The molecule has 0 saturated carbocycles. The molecule has 0 atom stereocenters. The van der Waals surface area contributed by atoms with Crippen LogP contribution in [0.25, 0.3) is 0 Å². The molecule has 0 heterocycles. The normalized spacial score (nSPS) is 12.9. The maximum atomic E-state index is 13.1. The average molecular weight is 523 g/mol.